The van der Waals surface area contributed by atoms with E-state index in [-0.39, 0.29) is 0 Å². The average molecular weight is 687 g/mol. The Morgan fingerprint density at radius 3 is 1.72 bits per heavy atom. The molecule has 4 heteroatoms. The molecule has 0 spiro atoms. The summed E-state index contributed by atoms with van der Waals surface area (Å²) < 4.78 is 4.54. The molecule has 0 aliphatic carbocycles. The van der Waals surface area contributed by atoms with E-state index in [2.05, 4.69) is 161 Å². The van der Waals surface area contributed by atoms with E-state index in [1.807, 2.05) is 42.5 Å². The zero-order valence-electron chi connectivity index (χ0n) is 29.1. The SMILES string of the molecule is N#Cc1ccc2c(c1)c1cc(-c3ccccc3-c3ccccc3-c3cccc4c5ccccc5n(-c5ccccc5)c34)ccc1n2-c1ccccc1C#N. The largest absolute Gasteiger partial charge is 0.309 e. The molecule has 0 amide bonds. The zero-order chi connectivity index (χ0) is 36.2. The van der Waals surface area contributed by atoms with Crippen LogP contribution in [-0.4, -0.2) is 9.13 Å². The first-order chi connectivity index (χ1) is 26.7. The van der Waals surface area contributed by atoms with E-state index in [1.54, 1.807) is 0 Å². The summed E-state index contributed by atoms with van der Waals surface area (Å²) in [6, 6.07) is 68.0. The Labute approximate surface area is 312 Å². The smallest absolute Gasteiger partial charge is 0.101 e. The lowest BCUT2D eigenvalue weighted by Crippen LogP contribution is -1.97. The predicted molar refractivity (Wildman–Crippen MR) is 221 cm³/mol. The number of fused-ring (bicyclic) bond motifs is 6. The first-order valence-corrected chi connectivity index (χ1v) is 18.0. The number of nitriles is 2. The van der Waals surface area contributed by atoms with Crippen LogP contribution in [0.15, 0.2) is 182 Å². The highest BCUT2D eigenvalue weighted by Gasteiger charge is 2.21. The van der Waals surface area contributed by atoms with Crippen LogP contribution in [-0.2, 0) is 0 Å². The van der Waals surface area contributed by atoms with Crippen molar-refractivity contribution in [3.8, 4) is 56.9 Å². The Bertz CT molecular complexity index is 3190. The van der Waals surface area contributed by atoms with E-state index in [0.29, 0.717) is 11.1 Å². The van der Waals surface area contributed by atoms with Crippen molar-refractivity contribution in [2.75, 3.05) is 0 Å². The van der Waals surface area contributed by atoms with E-state index in [0.717, 1.165) is 66.6 Å². The van der Waals surface area contributed by atoms with Crippen molar-refractivity contribution in [1.29, 1.82) is 10.5 Å². The van der Waals surface area contributed by atoms with Gasteiger partial charge < -0.3 is 9.13 Å². The van der Waals surface area contributed by atoms with Gasteiger partial charge in [-0.3, -0.25) is 0 Å². The van der Waals surface area contributed by atoms with Gasteiger partial charge in [-0.05, 0) is 88.5 Å². The second-order valence-corrected chi connectivity index (χ2v) is 13.5. The Hall–Kier alpha value is -7.66. The van der Waals surface area contributed by atoms with Gasteiger partial charge in [-0.15, -0.1) is 0 Å². The fraction of sp³-hybridized carbons (Fsp3) is 0. The second kappa shape index (κ2) is 12.5. The molecule has 0 fully saturated rings. The lowest BCUT2D eigenvalue weighted by molar-refractivity contribution is 1.17. The second-order valence-electron chi connectivity index (χ2n) is 13.5. The van der Waals surface area contributed by atoms with Crippen molar-refractivity contribution >= 4 is 43.6 Å². The van der Waals surface area contributed by atoms with Crippen LogP contribution in [0, 0.1) is 22.7 Å². The molecule has 0 unspecified atom stereocenters. The molecule has 2 aromatic heterocycles. The summed E-state index contributed by atoms with van der Waals surface area (Å²) in [6.45, 7) is 0. The third kappa shape index (κ3) is 4.76. The number of aromatic nitrogens is 2. The van der Waals surface area contributed by atoms with E-state index < -0.39 is 0 Å². The van der Waals surface area contributed by atoms with Gasteiger partial charge in [0.1, 0.15) is 6.07 Å². The summed E-state index contributed by atoms with van der Waals surface area (Å²) in [5, 5.41) is 24.3. The first kappa shape index (κ1) is 31.1. The van der Waals surface area contributed by atoms with Crippen molar-refractivity contribution in [1.82, 2.24) is 9.13 Å². The Morgan fingerprint density at radius 1 is 0.370 bits per heavy atom. The quantitative estimate of drug-likeness (QED) is 0.181. The topological polar surface area (TPSA) is 57.4 Å². The van der Waals surface area contributed by atoms with Crippen molar-refractivity contribution in [2.24, 2.45) is 0 Å². The first-order valence-electron chi connectivity index (χ1n) is 18.0. The summed E-state index contributed by atoms with van der Waals surface area (Å²) in [4.78, 5) is 0. The van der Waals surface area contributed by atoms with Crippen LogP contribution in [0.3, 0.4) is 0 Å². The number of nitrogens with zero attached hydrogens (tertiary/aromatic N) is 4. The van der Waals surface area contributed by atoms with Crippen LogP contribution in [0.2, 0.25) is 0 Å². The molecule has 0 aliphatic heterocycles. The van der Waals surface area contributed by atoms with Gasteiger partial charge in [-0.25, -0.2) is 0 Å². The molecule has 0 saturated carbocycles. The highest BCUT2D eigenvalue weighted by atomic mass is 15.0. The highest BCUT2D eigenvalue weighted by molar-refractivity contribution is 6.15. The fourth-order valence-electron chi connectivity index (χ4n) is 8.29. The fourth-order valence-corrected chi connectivity index (χ4v) is 8.29. The minimum Gasteiger partial charge on any atom is -0.309 e. The number of benzene rings is 8. The van der Waals surface area contributed by atoms with Crippen LogP contribution < -0.4 is 0 Å². The van der Waals surface area contributed by atoms with Gasteiger partial charge in [0, 0.05) is 32.8 Å². The Kier molecular flexibility index (Phi) is 7.22. The van der Waals surface area contributed by atoms with E-state index in [9.17, 15) is 10.5 Å². The molecule has 10 aromatic rings. The van der Waals surface area contributed by atoms with Crippen molar-refractivity contribution in [3.05, 3.63) is 193 Å². The van der Waals surface area contributed by atoms with Gasteiger partial charge in [0.15, 0.2) is 0 Å². The minimum absolute atomic E-state index is 0.591. The highest BCUT2D eigenvalue weighted by Crippen LogP contribution is 2.44. The normalized spacial score (nSPS) is 11.3. The molecule has 0 bridgehead atoms. The van der Waals surface area contributed by atoms with Gasteiger partial charge in [0.2, 0.25) is 0 Å². The lowest BCUT2D eigenvalue weighted by Gasteiger charge is -2.17. The van der Waals surface area contributed by atoms with E-state index >= 15 is 0 Å². The number of rotatable bonds is 5. The molecule has 250 valence electrons. The Balaban J connectivity index is 1.21. The molecule has 0 saturated heterocycles. The summed E-state index contributed by atoms with van der Waals surface area (Å²) in [5.41, 5.74) is 14.2. The minimum atomic E-state index is 0.591. The van der Waals surface area contributed by atoms with Crippen molar-refractivity contribution in [2.45, 2.75) is 0 Å². The molecule has 0 atom stereocenters. The molecule has 0 N–H and O–H groups in total. The average Bonchev–Trinajstić information content (AvgIpc) is 3.76. The molecular weight excluding hydrogens is 657 g/mol. The summed E-state index contributed by atoms with van der Waals surface area (Å²) in [7, 11) is 0. The zero-order valence-corrected chi connectivity index (χ0v) is 29.1. The molecule has 4 nitrogen and oxygen atoms in total. The molecule has 2 heterocycles. The monoisotopic (exact) mass is 686 g/mol. The van der Waals surface area contributed by atoms with Crippen molar-refractivity contribution < 1.29 is 0 Å². The number of hydrogen-bond acceptors (Lipinski definition) is 2. The summed E-state index contributed by atoms with van der Waals surface area (Å²) >= 11 is 0. The standard InChI is InChI=1S/C50H30N4/c51-31-33-25-27-48-44(29-33)45-30-34(26-28-49(45)54(48)46-23-10-4-13-35(46)32-52)37-16-5-6-17-38(37)39-18-7-8-19-40(39)42-21-12-22-43-41-20-9-11-24-47(41)53(50(42)43)36-14-2-1-3-15-36/h1-30H. The van der Waals surface area contributed by atoms with Crippen molar-refractivity contribution in [3.63, 3.8) is 0 Å². The van der Waals surface area contributed by atoms with E-state index in [1.165, 1.54) is 21.8 Å². The van der Waals surface area contributed by atoms with Crippen LogP contribution in [0.4, 0.5) is 0 Å². The maximum atomic E-state index is 10.0. The number of para-hydroxylation sites is 4. The lowest BCUT2D eigenvalue weighted by atomic mass is 9.88. The molecule has 54 heavy (non-hydrogen) atoms. The summed E-state index contributed by atoms with van der Waals surface area (Å²) in [6.07, 6.45) is 0. The third-order valence-corrected chi connectivity index (χ3v) is 10.6. The van der Waals surface area contributed by atoms with Gasteiger partial charge in [-0.1, -0.05) is 121 Å². The van der Waals surface area contributed by atoms with Crippen LogP contribution in [0.1, 0.15) is 11.1 Å². The van der Waals surface area contributed by atoms with Gasteiger partial charge in [0.25, 0.3) is 0 Å². The summed E-state index contributed by atoms with van der Waals surface area (Å²) in [5.74, 6) is 0. The van der Waals surface area contributed by atoms with Gasteiger partial charge in [-0.2, -0.15) is 10.5 Å². The number of hydrogen-bond donors (Lipinski definition) is 0. The van der Waals surface area contributed by atoms with Gasteiger partial charge in [0.05, 0.1) is 45.0 Å². The van der Waals surface area contributed by atoms with E-state index in [4.69, 9.17) is 0 Å². The third-order valence-electron chi connectivity index (χ3n) is 10.6. The Morgan fingerprint density at radius 2 is 0.944 bits per heavy atom. The maximum Gasteiger partial charge on any atom is 0.101 e. The molecule has 0 aliphatic rings. The van der Waals surface area contributed by atoms with Crippen LogP contribution >= 0.6 is 0 Å². The van der Waals surface area contributed by atoms with Crippen LogP contribution in [0.25, 0.3) is 88.4 Å². The predicted octanol–water partition coefficient (Wildman–Crippen LogP) is 12.6. The van der Waals surface area contributed by atoms with Crippen LogP contribution in [0.5, 0.6) is 0 Å². The molecule has 8 aromatic carbocycles. The maximum absolute atomic E-state index is 10.0. The molecular formula is C50H30N4. The molecule has 10 rings (SSSR count). The van der Waals surface area contributed by atoms with Gasteiger partial charge >= 0.3 is 0 Å². The molecule has 0 radical (unpaired) electrons.